The number of anilines is 2. The highest BCUT2D eigenvalue weighted by Gasteiger charge is 2.37. The van der Waals surface area contributed by atoms with Crippen LogP contribution in [-0.2, 0) is 14.4 Å². The molecule has 1 aliphatic heterocycles. The summed E-state index contributed by atoms with van der Waals surface area (Å²) in [6, 6.07) is 30.1. The van der Waals surface area contributed by atoms with Crippen molar-refractivity contribution in [1.29, 1.82) is 0 Å². The monoisotopic (exact) mass is 699 g/mol. The lowest BCUT2D eigenvalue weighted by Crippen LogP contribution is -2.49. The summed E-state index contributed by atoms with van der Waals surface area (Å²) in [6.45, 7) is 4.55. The first-order valence-corrected chi connectivity index (χ1v) is 17.7. The number of hydrogen-bond acceptors (Lipinski definition) is 6. The van der Waals surface area contributed by atoms with Crippen molar-refractivity contribution in [1.82, 2.24) is 14.8 Å². The van der Waals surface area contributed by atoms with Gasteiger partial charge in [0.25, 0.3) is 0 Å². The zero-order valence-corrected chi connectivity index (χ0v) is 29.4. The van der Waals surface area contributed by atoms with E-state index in [2.05, 4.69) is 15.6 Å². The van der Waals surface area contributed by atoms with E-state index in [0.29, 0.717) is 42.9 Å². The molecular formula is C41H45N7O4. The van der Waals surface area contributed by atoms with E-state index in [0.717, 1.165) is 34.1 Å². The van der Waals surface area contributed by atoms with Gasteiger partial charge in [-0.2, -0.15) is 0 Å². The molecule has 52 heavy (non-hydrogen) atoms. The summed E-state index contributed by atoms with van der Waals surface area (Å²) >= 11 is 0. The van der Waals surface area contributed by atoms with Crippen molar-refractivity contribution in [3.8, 4) is 11.3 Å². The van der Waals surface area contributed by atoms with Crippen LogP contribution in [0.3, 0.4) is 0 Å². The first kappa shape index (κ1) is 36.0. The molecule has 1 aromatic heterocycles. The number of amides is 4. The molecule has 1 aliphatic rings. The van der Waals surface area contributed by atoms with Crippen molar-refractivity contribution in [2.45, 2.75) is 57.3 Å². The van der Waals surface area contributed by atoms with Crippen LogP contribution in [-0.4, -0.2) is 63.6 Å². The van der Waals surface area contributed by atoms with Gasteiger partial charge in [0, 0.05) is 41.1 Å². The normalized spacial score (nSPS) is 15.8. The van der Waals surface area contributed by atoms with Crippen LogP contribution < -0.4 is 22.1 Å². The molecule has 1 unspecified atom stereocenters. The van der Waals surface area contributed by atoms with Crippen molar-refractivity contribution in [3.63, 3.8) is 0 Å². The largest absolute Gasteiger partial charge is 0.355 e. The third kappa shape index (κ3) is 7.91. The number of nitrogens with two attached hydrogens (primary N) is 2. The molecule has 4 atom stereocenters. The highest BCUT2D eigenvalue weighted by molar-refractivity contribution is 5.99. The molecule has 11 nitrogen and oxygen atoms in total. The van der Waals surface area contributed by atoms with Crippen molar-refractivity contribution >= 4 is 45.9 Å². The number of ketones is 1. The van der Waals surface area contributed by atoms with Crippen molar-refractivity contribution < 1.29 is 19.2 Å². The van der Waals surface area contributed by atoms with Crippen LogP contribution in [0.15, 0.2) is 109 Å². The molecule has 0 radical (unpaired) electrons. The zero-order valence-electron chi connectivity index (χ0n) is 29.4. The number of rotatable bonds is 12. The summed E-state index contributed by atoms with van der Waals surface area (Å²) in [7, 11) is 0. The van der Waals surface area contributed by atoms with E-state index in [1.165, 1.54) is 4.90 Å². The van der Waals surface area contributed by atoms with Gasteiger partial charge in [-0.15, -0.1) is 0 Å². The number of carbonyl (C=O) groups is 4. The Morgan fingerprint density at radius 3 is 2.12 bits per heavy atom. The molecule has 0 saturated carbocycles. The van der Waals surface area contributed by atoms with Gasteiger partial charge < -0.3 is 36.9 Å². The molecule has 6 rings (SSSR count). The van der Waals surface area contributed by atoms with E-state index in [-0.39, 0.29) is 23.6 Å². The standard InChI is InChI=1S/C41H45N7O4/c1-3-22-47(40(51)37(43)29-13-8-5-9-14-29)26(2)39(50)44-31-18-16-27(17-19-31)34-25-30-24-32(20-21-33(30)46-34)45-41(52)48-23-10-15-35(48)38(49)36(42)28-11-6-4-7-12-28/h4-9,11-14,16-21,24-26,35-37,46H,3,10,15,22-23,42-43H2,1-2H3,(H,44,50)(H,45,52)/t26-,35?,36+,37+/m0/s1. The second-order valence-corrected chi connectivity index (χ2v) is 13.2. The molecule has 0 spiro atoms. The smallest absolute Gasteiger partial charge is 0.322 e. The fourth-order valence-corrected chi connectivity index (χ4v) is 6.74. The van der Waals surface area contributed by atoms with E-state index >= 15 is 0 Å². The number of carbonyl (C=O) groups excluding carboxylic acids is 4. The molecule has 11 heteroatoms. The van der Waals surface area contributed by atoms with Gasteiger partial charge in [-0.25, -0.2) is 4.79 Å². The van der Waals surface area contributed by atoms with Crippen LogP contribution in [0.2, 0.25) is 0 Å². The third-order valence-electron chi connectivity index (χ3n) is 9.66. The summed E-state index contributed by atoms with van der Waals surface area (Å²) < 4.78 is 0. The third-order valence-corrected chi connectivity index (χ3v) is 9.66. The number of urea groups is 1. The summed E-state index contributed by atoms with van der Waals surface area (Å²) in [5.74, 6) is -0.771. The summed E-state index contributed by atoms with van der Waals surface area (Å²) in [5.41, 5.74) is 17.9. The number of aromatic nitrogens is 1. The van der Waals surface area contributed by atoms with Gasteiger partial charge in [0.05, 0.1) is 12.1 Å². The van der Waals surface area contributed by atoms with Crippen molar-refractivity contribution in [3.05, 3.63) is 120 Å². The number of benzene rings is 4. The Labute approximate surface area is 303 Å². The van der Waals surface area contributed by atoms with Gasteiger partial charge >= 0.3 is 6.03 Å². The highest BCUT2D eigenvalue weighted by atomic mass is 16.2. The van der Waals surface area contributed by atoms with Crippen LogP contribution in [0.1, 0.15) is 56.3 Å². The van der Waals surface area contributed by atoms with Crippen LogP contribution in [0, 0.1) is 0 Å². The first-order valence-electron chi connectivity index (χ1n) is 17.7. The van der Waals surface area contributed by atoms with Crippen LogP contribution in [0.5, 0.6) is 0 Å². The van der Waals surface area contributed by atoms with Gasteiger partial charge in [-0.1, -0.05) is 79.7 Å². The molecule has 5 aromatic rings. The maximum atomic E-state index is 13.4. The van der Waals surface area contributed by atoms with Gasteiger partial charge in [0.2, 0.25) is 11.8 Å². The fourth-order valence-electron chi connectivity index (χ4n) is 6.74. The molecule has 2 heterocycles. The van der Waals surface area contributed by atoms with Crippen LogP contribution in [0.25, 0.3) is 22.2 Å². The topological polar surface area (TPSA) is 167 Å². The number of H-pyrrole nitrogens is 1. The minimum absolute atomic E-state index is 0.165. The molecule has 0 aliphatic carbocycles. The van der Waals surface area contributed by atoms with Crippen molar-refractivity contribution in [2.75, 3.05) is 23.7 Å². The molecule has 7 N–H and O–H groups in total. The average molecular weight is 700 g/mol. The second kappa shape index (κ2) is 16.1. The van der Waals surface area contributed by atoms with E-state index in [4.69, 9.17) is 11.5 Å². The molecule has 268 valence electrons. The minimum atomic E-state index is -0.858. The second-order valence-electron chi connectivity index (χ2n) is 13.2. The number of likely N-dealkylation sites (tertiary alicyclic amines) is 1. The molecule has 4 amide bonds. The van der Waals surface area contributed by atoms with Crippen molar-refractivity contribution in [2.24, 2.45) is 11.5 Å². The van der Waals surface area contributed by atoms with E-state index in [1.54, 1.807) is 11.8 Å². The number of nitrogens with zero attached hydrogens (tertiary/aromatic N) is 2. The van der Waals surface area contributed by atoms with Gasteiger partial charge in [-0.05, 0) is 79.3 Å². The minimum Gasteiger partial charge on any atom is -0.355 e. The number of Topliss-reactive ketones (excluding diaryl/α,β-unsaturated/α-hetero) is 1. The Morgan fingerprint density at radius 2 is 1.46 bits per heavy atom. The molecule has 1 fully saturated rings. The average Bonchev–Trinajstić information content (AvgIpc) is 3.84. The lowest BCUT2D eigenvalue weighted by atomic mass is 9.97. The summed E-state index contributed by atoms with van der Waals surface area (Å²) in [5, 5.41) is 6.80. The number of hydrogen-bond donors (Lipinski definition) is 5. The Hall–Kier alpha value is -5.78. The van der Waals surface area contributed by atoms with Gasteiger partial charge in [0.15, 0.2) is 5.78 Å². The fraction of sp³-hybridized carbons (Fsp3) is 0.268. The summed E-state index contributed by atoms with van der Waals surface area (Å²) in [4.78, 5) is 59.8. The highest BCUT2D eigenvalue weighted by Crippen LogP contribution is 2.29. The lowest BCUT2D eigenvalue weighted by Gasteiger charge is -2.30. The van der Waals surface area contributed by atoms with Crippen LogP contribution in [0.4, 0.5) is 16.2 Å². The Bertz CT molecular complexity index is 2030. The molecule has 0 bridgehead atoms. The van der Waals surface area contributed by atoms with Gasteiger partial charge in [0.1, 0.15) is 12.1 Å². The quantitative estimate of drug-likeness (QED) is 0.102. The number of nitrogens with one attached hydrogen (secondary N) is 3. The van der Waals surface area contributed by atoms with E-state index < -0.39 is 24.2 Å². The number of fused-ring (bicyclic) bond motifs is 1. The maximum Gasteiger partial charge on any atom is 0.322 e. The Morgan fingerprint density at radius 1 is 0.827 bits per heavy atom. The SMILES string of the molecule is CCCN(C(=O)[C@H](N)c1ccccc1)[C@@H](C)C(=O)Nc1ccc(-c2cc3cc(NC(=O)N4CCCC4C(=O)[C@H](N)c4ccccc4)ccc3[nH]2)cc1. The predicted molar refractivity (Wildman–Crippen MR) is 204 cm³/mol. The number of aromatic amines is 1. The molecular weight excluding hydrogens is 654 g/mol. The maximum absolute atomic E-state index is 13.4. The molecule has 4 aromatic carbocycles. The molecule has 1 saturated heterocycles. The summed E-state index contributed by atoms with van der Waals surface area (Å²) in [6.07, 6.45) is 1.99. The van der Waals surface area contributed by atoms with Crippen LogP contribution >= 0.6 is 0 Å². The van der Waals surface area contributed by atoms with E-state index in [9.17, 15) is 19.2 Å². The van der Waals surface area contributed by atoms with Gasteiger partial charge in [-0.3, -0.25) is 14.4 Å². The Kier molecular flexibility index (Phi) is 11.1. The Balaban J connectivity index is 1.08. The zero-order chi connectivity index (χ0) is 36.8. The van der Waals surface area contributed by atoms with E-state index in [1.807, 2.05) is 116 Å². The predicted octanol–water partition coefficient (Wildman–Crippen LogP) is 6.37. The first-order chi connectivity index (χ1) is 25.1. The lowest BCUT2D eigenvalue weighted by molar-refractivity contribution is -0.139.